The fourth-order valence-electron chi connectivity index (χ4n) is 4.95. The van der Waals surface area contributed by atoms with E-state index >= 15 is 0 Å². The van der Waals surface area contributed by atoms with Gasteiger partial charge in [0.25, 0.3) is 0 Å². The summed E-state index contributed by atoms with van der Waals surface area (Å²) in [5.74, 6) is -0.914. The van der Waals surface area contributed by atoms with Crippen LogP contribution in [0.5, 0.6) is 0 Å². The van der Waals surface area contributed by atoms with Gasteiger partial charge in [-0.3, -0.25) is 14.5 Å². The quantitative estimate of drug-likeness (QED) is 0.672. The molecule has 2 fully saturated rings. The van der Waals surface area contributed by atoms with Crippen LogP contribution in [0.4, 0.5) is 0 Å². The van der Waals surface area contributed by atoms with Crippen LogP contribution in [-0.2, 0) is 19.1 Å². The van der Waals surface area contributed by atoms with E-state index in [1.807, 2.05) is 48.5 Å². The van der Waals surface area contributed by atoms with E-state index in [0.717, 1.165) is 11.1 Å². The zero-order chi connectivity index (χ0) is 23.4. The molecule has 174 valence electrons. The first-order chi connectivity index (χ1) is 16.0. The molecule has 2 aromatic rings. The fourth-order valence-corrected chi connectivity index (χ4v) is 4.95. The van der Waals surface area contributed by atoms with Gasteiger partial charge >= 0.3 is 11.9 Å². The number of piperidine rings is 1. The topological polar surface area (TPSA) is 88.2 Å². The van der Waals surface area contributed by atoms with Gasteiger partial charge in [-0.25, -0.2) is 4.79 Å². The number of rotatable bonds is 6. The Labute approximate surface area is 193 Å². The Bertz CT molecular complexity index is 1020. The van der Waals surface area contributed by atoms with Crippen LogP contribution in [0.2, 0.25) is 0 Å². The lowest BCUT2D eigenvalue weighted by atomic mass is 9.83. The van der Waals surface area contributed by atoms with Crippen LogP contribution < -0.4 is 5.32 Å². The second-order valence-electron chi connectivity index (χ2n) is 8.40. The first-order valence-electron chi connectivity index (χ1n) is 11.1. The third kappa shape index (κ3) is 4.36. The van der Waals surface area contributed by atoms with Crippen molar-refractivity contribution in [3.05, 3.63) is 71.3 Å². The first kappa shape index (κ1) is 22.9. The number of ether oxygens (including phenoxy) is 2. The molecule has 33 heavy (non-hydrogen) atoms. The van der Waals surface area contributed by atoms with E-state index < -0.39 is 17.5 Å². The van der Waals surface area contributed by atoms with Gasteiger partial charge in [0.2, 0.25) is 5.91 Å². The summed E-state index contributed by atoms with van der Waals surface area (Å²) < 4.78 is 9.77. The van der Waals surface area contributed by atoms with E-state index in [-0.39, 0.29) is 25.2 Å². The minimum Gasteiger partial charge on any atom is -0.468 e. The minimum atomic E-state index is -0.749. The highest BCUT2D eigenvalue weighted by atomic mass is 16.5. The number of amides is 1. The molecule has 0 saturated carbocycles. The predicted molar refractivity (Wildman–Crippen MR) is 121 cm³/mol. The number of nitrogens with zero attached hydrogens (tertiary/aromatic N) is 2. The molecule has 2 heterocycles. The molecule has 0 aromatic heterocycles. The number of benzene rings is 2. The second kappa shape index (κ2) is 9.72. The average Bonchev–Trinajstić information content (AvgIpc) is 3.10. The summed E-state index contributed by atoms with van der Waals surface area (Å²) in [5.41, 5.74) is 1.59. The maximum Gasteiger partial charge on any atom is 0.337 e. The highest BCUT2D eigenvalue weighted by Crippen LogP contribution is 2.43. The molecule has 2 saturated heterocycles. The number of hydrogen-bond donors (Lipinski definition) is 1. The van der Waals surface area contributed by atoms with Crippen LogP contribution in [-0.4, -0.2) is 73.7 Å². The number of methoxy groups -OCH3 is 2. The zero-order valence-electron chi connectivity index (χ0n) is 19.0. The fraction of sp³-hybridized carbons (Fsp3) is 0.400. The van der Waals surface area contributed by atoms with Crippen molar-refractivity contribution in [2.24, 2.45) is 0 Å². The smallest absolute Gasteiger partial charge is 0.337 e. The normalized spacial score (nSPS) is 18.8. The summed E-state index contributed by atoms with van der Waals surface area (Å²) in [6.45, 7) is 1.61. The molecule has 0 bridgehead atoms. The van der Waals surface area contributed by atoms with Gasteiger partial charge in [-0.15, -0.1) is 0 Å². The molecule has 8 heteroatoms. The van der Waals surface area contributed by atoms with Crippen molar-refractivity contribution in [2.45, 2.75) is 24.4 Å². The van der Waals surface area contributed by atoms with Crippen LogP contribution in [0.3, 0.4) is 0 Å². The minimum absolute atomic E-state index is 0.0561. The standard InChI is InChI=1S/C25H29N3O5/c1-32-21(29)16-27-17-28(25(24(27)31)11-13-26-14-12-25)22(18-7-4-3-5-8-18)19-9-6-10-20(15-19)23(30)33-2/h3-10,15,22,26H,11-14,16-17H2,1-2H3. The molecule has 1 atom stereocenters. The number of esters is 2. The number of carbonyl (C=O) groups is 3. The molecular formula is C25H29N3O5. The van der Waals surface area contributed by atoms with E-state index in [0.29, 0.717) is 31.5 Å². The molecular weight excluding hydrogens is 422 g/mol. The highest BCUT2D eigenvalue weighted by Gasteiger charge is 2.55. The molecule has 1 amide bonds. The molecule has 1 N–H and O–H groups in total. The molecule has 1 unspecified atom stereocenters. The van der Waals surface area contributed by atoms with Gasteiger partial charge in [0.05, 0.1) is 32.5 Å². The SMILES string of the molecule is COC(=O)CN1CN(C(c2ccccc2)c2cccc(C(=O)OC)c2)C2(CCNCC2)C1=O. The lowest BCUT2D eigenvalue weighted by molar-refractivity contribution is -0.146. The molecule has 4 rings (SSSR count). The van der Waals surface area contributed by atoms with Crippen molar-refractivity contribution in [2.75, 3.05) is 40.5 Å². The third-order valence-corrected chi connectivity index (χ3v) is 6.59. The lowest BCUT2D eigenvalue weighted by Gasteiger charge is -2.43. The van der Waals surface area contributed by atoms with Gasteiger partial charge < -0.3 is 19.7 Å². The van der Waals surface area contributed by atoms with Crippen molar-refractivity contribution in [3.63, 3.8) is 0 Å². The monoisotopic (exact) mass is 451 g/mol. The zero-order valence-corrected chi connectivity index (χ0v) is 19.0. The second-order valence-corrected chi connectivity index (χ2v) is 8.40. The maximum atomic E-state index is 13.7. The molecule has 2 aliphatic heterocycles. The largest absolute Gasteiger partial charge is 0.468 e. The predicted octanol–water partition coefficient (Wildman–Crippen LogP) is 1.96. The Hall–Kier alpha value is -3.23. The van der Waals surface area contributed by atoms with Crippen molar-refractivity contribution in [1.82, 2.24) is 15.1 Å². The number of hydrogen-bond acceptors (Lipinski definition) is 7. The van der Waals surface area contributed by atoms with Gasteiger partial charge in [0.1, 0.15) is 12.1 Å². The van der Waals surface area contributed by atoms with Gasteiger partial charge in [-0.1, -0.05) is 42.5 Å². The molecule has 0 radical (unpaired) electrons. The summed E-state index contributed by atoms with van der Waals surface area (Å²) >= 11 is 0. The Morgan fingerprint density at radius 3 is 2.36 bits per heavy atom. The van der Waals surface area contributed by atoms with Crippen LogP contribution in [0.25, 0.3) is 0 Å². The van der Waals surface area contributed by atoms with Gasteiger partial charge in [0.15, 0.2) is 0 Å². The maximum absolute atomic E-state index is 13.7. The van der Waals surface area contributed by atoms with Crippen LogP contribution in [0.1, 0.15) is 40.4 Å². The van der Waals surface area contributed by atoms with E-state index in [1.54, 1.807) is 11.0 Å². The van der Waals surface area contributed by atoms with Crippen LogP contribution >= 0.6 is 0 Å². The summed E-state index contributed by atoms with van der Waals surface area (Å²) in [6, 6.07) is 17.0. The molecule has 2 aliphatic rings. The Balaban J connectivity index is 1.82. The summed E-state index contributed by atoms with van der Waals surface area (Å²) in [5, 5.41) is 3.34. The third-order valence-electron chi connectivity index (χ3n) is 6.59. The van der Waals surface area contributed by atoms with E-state index in [9.17, 15) is 14.4 Å². The summed E-state index contributed by atoms with van der Waals surface area (Å²) in [4.78, 5) is 41.8. The van der Waals surface area contributed by atoms with E-state index in [4.69, 9.17) is 9.47 Å². The van der Waals surface area contributed by atoms with Gasteiger partial charge in [0, 0.05) is 0 Å². The highest BCUT2D eigenvalue weighted by molar-refractivity contribution is 5.92. The number of nitrogens with one attached hydrogen (secondary N) is 1. The van der Waals surface area contributed by atoms with Crippen LogP contribution in [0.15, 0.2) is 54.6 Å². The average molecular weight is 452 g/mol. The van der Waals surface area contributed by atoms with E-state index in [1.165, 1.54) is 14.2 Å². The molecule has 2 aromatic carbocycles. The number of carbonyl (C=O) groups excluding carboxylic acids is 3. The molecule has 0 aliphatic carbocycles. The van der Waals surface area contributed by atoms with Crippen molar-refractivity contribution < 1.29 is 23.9 Å². The Kier molecular flexibility index (Phi) is 6.76. The molecule has 8 nitrogen and oxygen atoms in total. The summed E-state index contributed by atoms with van der Waals surface area (Å²) in [6.07, 6.45) is 1.26. The van der Waals surface area contributed by atoms with Gasteiger partial charge in [-0.2, -0.15) is 0 Å². The van der Waals surface area contributed by atoms with Crippen LogP contribution in [0, 0.1) is 0 Å². The summed E-state index contributed by atoms with van der Waals surface area (Å²) in [7, 11) is 2.68. The Morgan fingerprint density at radius 1 is 1.00 bits per heavy atom. The first-order valence-corrected chi connectivity index (χ1v) is 11.1. The molecule has 1 spiro atoms. The van der Waals surface area contributed by atoms with Gasteiger partial charge in [-0.05, 0) is 49.2 Å². The lowest BCUT2D eigenvalue weighted by Crippen LogP contribution is -2.56. The van der Waals surface area contributed by atoms with Crippen molar-refractivity contribution in [1.29, 1.82) is 0 Å². The van der Waals surface area contributed by atoms with Crippen molar-refractivity contribution >= 4 is 17.8 Å². The Morgan fingerprint density at radius 2 is 1.70 bits per heavy atom. The van der Waals surface area contributed by atoms with Crippen molar-refractivity contribution in [3.8, 4) is 0 Å². The van der Waals surface area contributed by atoms with E-state index in [2.05, 4.69) is 10.2 Å².